The van der Waals surface area contributed by atoms with Gasteiger partial charge in [-0.2, -0.15) is 0 Å². The van der Waals surface area contributed by atoms with Crippen molar-refractivity contribution in [3.05, 3.63) is 29.6 Å². The fourth-order valence-corrected chi connectivity index (χ4v) is 1.69. The lowest BCUT2D eigenvalue weighted by Gasteiger charge is -2.14. The van der Waals surface area contributed by atoms with E-state index >= 15 is 0 Å². The molecular weight excluding hydrogens is 265 g/mol. The number of ether oxygens (including phenoxy) is 1. The minimum Gasteiger partial charge on any atom is -0.484 e. The molecule has 0 saturated heterocycles. The standard InChI is InChI=1S/C13H18FN3O3/c1-3-16-8(2)10-5-4-9(6-11(10)14)20-7-12(18)17-13(15)19/h4-6,8,16H,3,7H2,1-2H3,(H3,15,17,18,19). The van der Waals surface area contributed by atoms with E-state index < -0.39 is 24.4 Å². The number of hydrogen-bond acceptors (Lipinski definition) is 4. The van der Waals surface area contributed by atoms with Gasteiger partial charge in [-0.15, -0.1) is 0 Å². The Kier molecular flexibility index (Phi) is 5.92. The summed E-state index contributed by atoms with van der Waals surface area (Å²) < 4.78 is 18.9. The molecule has 0 aliphatic carbocycles. The average Bonchev–Trinajstić information content (AvgIpc) is 2.35. The maximum Gasteiger partial charge on any atom is 0.318 e. The second-order valence-corrected chi connectivity index (χ2v) is 4.16. The van der Waals surface area contributed by atoms with Crippen LogP contribution in [-0.4, -0.2) is 25.1 Å². The van der Waals surface area contributed by atoms with Gasteiger partial charge in [0, 0.05) is 17.7 Å². The van der Waals surface area contributed by atoms with Crippen molar-refractivity contribution in [2.75, 3.05) is 13.2 Å². The van der Waals surface area contributed by atoms with Crippen LogP contribution in [0.2, 0.25) is 0 Å². The number of nitrogens with one attached hydrogen (secondary N) is 2. The van der Waals surface area contributed by atoms with Crippen LogP contribution in [0, 0.1) is 5.82 Å². The number of benzene rings is 1. The third kappa shape index (κ3) is 4.85. The second-order valence-electron chi connectivity index (χ2n) is 4.16. The van der Waals surface area contributed by atoms with Crippen LogP contribution >= 0.6 is 0 Å². The monoisotopic (exact) mass is 283 g/mol. The number of urea groups is 1. The fourth-order valence-electron chi connectivity index (χ4n) is 1.69. The Hall–Kier alpha value is -2.15. The lowest BCUT2D eigenvalue weighted by atomic mass is 10.1. The van der Waals surface area contributed by atoms with Crippen molar-refractivity contribution in [2.24, 2.45) is 5.73 Å². The van der Waals surface area contributed by atoms with Crippen LogP contribution in [0.25, 0.3) is 0 Å². The van der Waals surface area contributed by atoms with Crippen molar-refractivity contribution in [3.63, 3.8) is 0 Å². The van der Waals surface area contributed by atoms with Crippen molar-refractivity contribution in [1.82, 2.24) is 10.6 Å². The van der Waals surface area contributed by atoms with E-state index in [0.717, 1.165) is 6.54 Å². The highest BCUT2D eigenvalue weighted by atomic mass is 19.1. The zero-order valence-corrected chi connectivity index (χ0v) is 11.4. The second kappa shape index (κ2) is 7.44. The zero-order valence-electron chi connectivity index (χ0n) is 11.4. The topological polar surface area (TPSA) is 93.4 Å². The summed E-state index contributed by atoms with van der Waals surface area (Å²) in [5, 5.41) is 4.94. The first-order valence-electron chi connectivity index (χ1n) is 6.19. The van der Waals surface area contributed by atoms with E-state index in [-0.39, 0.29) is 11.8 Å². The Morgan fingerprint density at radius 3 is 2.70 bits per heavy atom. The van der Waals surface area contributed by atoms with Crippen LogP contribution in [0.3, 0.4) is 0 Å². The third-order valence-electron chi connectivity index (χ3n) is 2.58. The number of halogens is 1. The average molecular weight is 283 g/mol. The van der Waals surface area contributed by atoms with Gasteiger partial charge in [-0.25, -0.2) is 9.18 Å². The van der Waals surface area contributed by atoms with Gasteiger partial charge in [-0.05, 0) is 19.5 Å². The van der Waals surface area contributed by atoms with Gasteiger partial charge in [0.05, 0.1) is 0 Å². The number of hydrogen-bond donors (Lipinski definition) is 3. The summed E-state index contributed by atoms with van der Waals surface area (Å²) in [5.41, 5.74) is 5.29. The first-order chi connectivity index (χ1) is 9.43. The number of rotatable bonds is 6. The molecule has 0 aromatic heterocycles. The van der Waals surface area contributed by atoms with Crippen LogP contribution in [0.1, 0.15) is 25.5 Å². The molecule has 0 spiro atoms. The molecule has 0 saturated carbocycles. The van der Waals surface area contributed by atoms with Crippen molar-refractivity contribution in [1.29, 1.82) is 0 Å². The first-order valence-corrected chi connectivity index (χ1v) is 6.19. The van der Waals surface area contributed by atoms with Gasteiger partial charge in [0.25, 0.3) is 5.91 Å². The fraction of sp³-hybridized carbons (Fsp3) is 0.385. The van der Waals surface area contributed by atoms with Crippen molar-refractivity contribution < 1.29 is 18.7 Å². The number of nitrogens with two attached hydrogens (primary N) is 1. The molecule has 0 radical (unpaired) electrons. The summed E-state index contributed by atoms with van der Waals surface area (Å²) in [6, 6.07) is 3.26. The quantitative estimate of drug-likeness (QED) is 0.728. The molecular formula is C13H18FN3O3. The Morgan fingerprint density at radius 2 is 2.15 bits per heavy atom. The molecule has 1 unspecified atom stereocenters. The highest BCUT2D eigenvalue weighted by Crippen LogP contribution is 2.21. The predicted molar refractivity (Wildman–Crippen MR) is 71.7 cm³/mol. The minimum atomic E-state index is -0.959. The summed E-state index contributed by atoms with van der Waals surface area (Å²) in [7, 11) is 0. The van der Waals surface area contributed by atoms with E-state index in [1.54, 1.807) is 12.1 Å². The number of carbonyl (C=O) groups is 2. The van der Waals surface area contributed by atoms with Gasteiger partial charge < -0.3 is 15.8 Å². The van der Waals surface area contributed by atoms with Crippen molar-refractivity contribution in [2.45, 2.75) is 19.9 Å². The lowest BCUT2D eigenvalue weighted by molar-refractivity contribution is -0.121. The Bertz CT molecular complexity index is 494. The Morgan fingerprint density at radius 1 is 1.45 bits per heavy atom. The Balaban J connectivity index is 2.63. The zero-order chi connectivity index (χ0) is 15.1. The maximum atomic E-state index is 13.9. The maximum absolute atomic E-state index is 13.9. The lowest BCUT2D eigenvalue weighted by Crippen LogP contribution is -2.38. The van der Waals surface area contributed by atoms with E-state index in [2.05, 4.69) is 5.32 Å². The van der Waals surface area contributed by atoms with Crippen LogP contribution in [0.5, 0.6) is 5.75 Å². The van der Waals surface area contributed by atoms with E-state index in [9.17, 15) is 14.0 Å². The SMILES string of the molecule is CCNC(C)c1ccc(OCC(=O)NC(N)=O)cc1F. The van der Waals surface area contributed by atoms with E-state index in [1.165, 1.54) is 6.07 Å². The molecule has 3 amide bonds. The molecule has 4 N–H and O–H groups in total. The van der Waals surface area contributed by atoms with Crippen molar-refractivity contribution in [3.8, 4) is 5.75 Å². The molecule has 6 nitrogen and oxygen atoms in total. The molecule has 0 aliphatic rings. The number of imide groups is 1. The molecule has 20 heavy (non-hydrogen) atoms. The van der Waals surface area contributed by atoms with E-state index in [4.69, 9.17) is 10.5 Å². The molecule has 1 rings (SSSR count). The number of primary amides is 1. The predicted octanol–water partition coefficient (Wildman–Crippen LogP) is 1.07. The molecule has 0 fully saturated rings. The molecule has 1 atom stereocenters. The number of amides is 3. The van der Waals surface area contributed by atoms with Crippen LogP contribution in [0.4, 0.5) is 9.18 Å². The van der Waals surface area contributed by atoms with Crippen LogP contribution in [0.15, 0.2) is 18.2 Å². The Labute approximate surface area is 116 Å². The van der Waals surface area contributed by atoms with E-state index in [1.807, 2.05) is 19.2 Å². The normalized spacial score (nSPS) is 11.8. The molecule has 7 heteroatoms. The largest absolute Gasteiger partial charge is 0.484 e. The van der Waals surface area contributed by atoms with Gasteiger partial charge in [0.15, 0.2) is 6.61 Å². The van der Waals surface area contributed by atoms with Gasteiger partial charge in [-0.1, -0.05) is 13.0 Å². The van der Waals surface area contributed by atoms with E-state index in [0.29, 0.717) is 5.56 Å². The van der Waals surface area contributed by atoms with Gasteiger partial charge in [0.1, 0.15) is 11.6 Å². The molecule has 0 heterocycles. The van der Waals surface area contributed by atoms with Gasteiger partial charge >= 0.3 is 6.03 Å². The van der Waals surface area contributed by atoms with Gasteiger partial charge in [-0.3, -0.25) is 10.1 Å². The van der Waals surface area contributed by atoms with Gasteiger partial charge in [0.2, 0.25) is 0 Å². The molecule has 110 valence electrons. The molecule has 1 aromatic carbocycles. The third-order valence-corrected chi connectivity index (χ3v) is 2.58. The smallest absolute Gasteiger partial charge is 0.318 e. The summed E-state index contributed by atoms with van der Waals surface area (Å²) >= 11 is 0. The summed E-state index contributed by atoms with van der Waals surface area (Å²) in [5.74, 6) is -0.913. The van der Waals surface area contributed by atoms with Crippen LogP contribution in [-0.2, 0) is 4.79 Å². The highest BCUT2D eigenvalue weighted by Gasteiger charge is 2.11. The van der Waals surface area contributed by atoms with Crippen LogP contribution < -0.4 is 21.1 Å². The van der Waals surface area contributed by atoms with Crippen molar-refractivity contribution >= 4 is 11.9 Å². The first kappa shape index (κ1) is 15.9. The minimum absolute atomic E-state index is 0.118. The highest BCUT2D eigenvalue weighted by molar-refractivity contribution is 5.94. The number of carbonyl (C=O) groups excluding carboxylic acids is 2. The molecule has 0 bridgehead atoms. The molecule has 1 aromatic rings. The summed E-state index contributed by atoms with van der Waals surface area (Å²) in [4.78, 5) is 21.6. The molecule has 0 aliphatic heterocycles. The summed E-state index contributed by atoms with van der Waals surface area (Å²) in [6.07, 6.45) is 0. The summed E-state index contributed by atoms with van der Waals surface area (Å²) in [6.45, 7) is 4.10.